The Morgan fingerprint density at radius 2 is 2.06 bits per heavy atom. The van der Waals surface area contributed by atoms with E-state index in [-0.39, 0.29) is 5.91 Å². The summed E-state index contributed by atoms with van der Waals surface area (Å²) in [6, 6.07) is 10.1. The number of halogens is 1. The van der Waals surface area contributed by atoms with Crippen molar-refractivity contribution in [1.29, 1.82) is 0 Å². The van der Waals surface area contributed by atoms with Crippen LogP contribution in [-0.4, -0.2) is 79.6 Å². The quantitative estimate of drug-likeness (QED) is 0.517. The van der Waals surface area contributed by atoms with Crippen LogP contribution in [0.25, 0.3) is 0 Å². The van der Waals surface area contributed by atoms with E-state index < -0.39 is 0 Å². The third-order valence-corrected chi connectivity index (χ3v) is 6.35. The van der Waals surface area contributed by atoms with Crippen LogP contribution >= 0.6 is 11.6 Å². The van der Waals surface area contributed by atoms with Gasteiger partial charge in [-0.25, -0.2) is 0 Å². The standard InChI is InChI=1S/C25H35ClN4O2/c1-28(2)14-15-30(19-24-23(26)8-5-12-27-24)25(31)10-9-20-6-4-7-21-18-29(16-17-32-3)13-11-22(20)21/h4-8,12H,9-11,13-19H2,1-3H3. The number of amides is 1. The summed E-state index contributed by atoms with van der Waals surface area (Å²) in [6.07, 6.45) is 4.00. The highest BCUT2D eigenvalue weighted by Gasteiger charge is 2.20. The van der Waals surface area contributed by atoms with Crippen molar-refractivity contribution >= 4 is 17.5 Å². The highest BCUT2D eigenvalue weighted by atomic mass is 35.5. The van der Waals surface area contributed by atoms with E-state index in [2.05, 4.69) is 33.0 Å². The minimum absolute atomic E-state index is 0.142. The number of pyridine rings is 1. The number of aryl methyl sites for hydroxylation is 1. The molecule has 0 fully saturated rings. The van der Waals surface area contributed by atoms with E-state index in [4.69, 9.17) is 16.3 Å². The molecule has 1 aromatic carbocycles. The minimum Gasteiger partial charge on any atom is -0.383 e. The minimum atomic E-state index is 0.142. The number of hydrogen-bond donors (Lipinski definition) is 0. The lowest BCUT2D eigenvalue weighted by Gasteiger charge is -2.30. The SMILES string of the molecule is COCCN1CCc2c(CCC(=O)N(CCN(C)C)Cc3ncccc3Cl)cccc2C1. The lowest BCUT2D eigenvalue weighted by atomic mass is 9.92. The Bertz CT molecular complexity index is 890. The summed E-state index contributed by atoms with van der Waals surface area (Å²) in [5.74, 6) is 0.142. The monoisotopic (exact) mass is 458 g/mol. The molecular formula is C25H35ClN4O2. The lowest BCUT2D eigenvalue weighted by Crippen LogP contribution is -2.37. The molecule has 0 radical (unpaired) electrons. The molecule has 0 N–H and O–H groups in total. The molecule has 1 aliphatic rings. The van der Waals surface area contributed by atoms with Crippen LogP contribution in [-0.2, 0) is 35.5 Å². The largest absolute Gasteiger partial charge is 0.383 e. The molecule has 0 spiro atoms. The van der Waals surface area contributed by atoms with Gasteiger partial charge in [0.1, 0.15) is 0 Å². The molecule has 2 aromatic rings. The van der Waals surface area contributed by atoms with Crippen molar-refractivity contribution in [3.8, 4) is 0 Å². The smallest absolute Gasteiger partial charge is 0.223 e. The fourth-order valence-corrected chi connectivity index (χ4v) is 4.30. The summed E-state index contributed by atoms with van der Waals surface area (Å²) in [7, 11) is 5.78. The fraction of sp³-hybridized carbons (Fsp3) is 0.520. The van der Waals surface area contributed by atoms with Crippen molar-refractivity contribution in [2.45, 2.75) is 32.4 Å². The molecule has 3 rings (SSSR count). The van der Waals surface area contributed by atoms with E-state index in [1.165, 1.54) is 16.7 Å². The number of hydrogen-bond acceptors (Lipinski definition) is 5. The van der Waals surface area contributed by atoms with Gasteiger partial charge < -0.3 is 14.5 Å². The lowest BCUT2D eigenvalue weighted by molar-refractivity contribution is -0.132. The van der Waals surface area contributed by atoms with Crippen LogP contribution in [0.15, 0.2) is 36.5 Å². The van der Waals surface area contributed by atoms with Crippen LogP contribution < -0.4 is 0 Å². The van der Waals surface area contributed by atoms with Gasteiger partial charge in [-0.15, -0.1) is 0 Å². The second-order valence-electron chi connectivity index (χ2n) is 8.62. The highest BCUT2D eigenvalue weighted by molar-refractivity contribution is 6.31. The maximum atomic E-state index is 13.2. The van der Waals surface area contributed by atoms with Crippen LogP contribution in [0.5, 0.6) is 0 Å². The number of methoxy groups -OCH3 is 1. The van der Waals surface area contributed by atoms with Crippen molar-refractivity contribution < 1.29 is 9.53 Å². The van der Waals surface area contributed by atoms with Gasteiger partial charge in [0.25, 0.3) is 0 Å². The van der Waals surface area contributed by atoms with Gasteiger partial charge in [-0.2, -0.15) is 0 Å². The third-order valence-electron chi connectivity index (χ3n) is 6.01. The van der Waals surface area contributed by atoms with Crippen LogP contribution in [0.2, 0.25) is 5.02 Å². The van der Waals surface area contributed by atoms with Gasteiger partial charge >= 0.3 is 0 Å². The van der Waals surface area contributed by atoms with Gasteiger partial charge in [-0.3, -0.25) is 14.7 Å². The summed E-state index contributed by atoms with van der Waals surface area (Å²) >= 11 is 6.31. The Hall–Kier alpha value is -1.99. The Balaban J connectivity index is 1.65. The maximum absolute atomic E-state index is 13.2. The number of carbonyl (C=O) groups excluding carboxylic acids is 1. The zero-order valence-corrected chi connectivity index (χ0v) is 20.3. The average Bonchev–Trinajstić information content (AvgIpc) is 2.79. The molecule has 6 nitrogen and oxygen atoms in total. The van der Waals surface area contributed by atoms with E-state index in [0.717, 1.165) is 51.3 Å². The van der Waals surface area contributed by atoms with Crippen molar-refractivity contribution in [3.05, 3.63) is 63.9 Å². The normalized spacial score (nSPS) is 13.9. The third kappa shape index (κ3) is 7.01. The summed E-state index contributed by atoms with van der Waals surface area (Å²) in [4.78, 5) is 24.0. The zero-order valence-electron chi connectivity index (χ0n) is 19.5. The second kappa shape index (κ2) is 12.3. The van der Waals surface area contributed by atoms with E-state index in [1.807, 2.05) is 31.1 Å². The van der Waals surface area contributed by atoms with E-state index in [0.29, 0.717) is 24.5 Å². The highest BCUT2D eigenvalue weighted by Crippen LogP contribution is 2.24. The van der Waals surface area contributed by atoms with Crippen molar-refractivity contribution in [3.63, 3.8) is 0 Å². The Morgan fingerprint density at radius 1 is 1.22 bits per heavy atom. The van der Waals surface area contributed by atoms with E-state index >= 15 is 0 Å². The molecule has 0 bridgehead atoms. The fourth-order valence-electron chi connectivity index (χ4n) is 4.12. The topological polar surface area (TPSA) is 48.9 Å². The first-order chi connectivity index (χ1) is 15.5. The van der Waals surface area contributed by atoms with Crippen LogP contribution in [0, 0.1) is 0 Å². The molecule has 0 unspecified atom stereocenters. The molecule has 7 heteroatoms. The van der Waals surface area contributed by atoms with Gasteiger partial charge in [-0.05, 0) is 55.8 Å². The van der Waals surface area contributed by atoms with Gasteiger partial charge in [0.2, 0.25) is 5.91 Å². The predicted molar refractivity (Wildman–Crippen MR) is 129 cm³/mol. The molecule has 0 saturated carbocycles. The maximum Gasteiger partial charge on any atom is 0.223 e. The number of nitrogens with zero attached hydrogens (tertiary/aromatic N) is 4. The second-order valence-corrected chi connectivity index (χ2v) is 9.03. The summed E-state index contributed by atoms with van der Waals surface area (Å²) in [5.41, 5.74) is 4.84. The van der Waals surface area contributed by atoms with Gasteiger partial charge in [-0.1, -0.05) is 29.8 Å². The number of benzene rings is 1. The number of likely N-dealkylation sites (N-methyl/N-ethyl adjacent to an activating group) is 1. The van der Waals surface area contributed by atoms with Crippen LogP contribution in [0.1, 0.15) is 28.8 Å². The van der Waals surface area contributed by atoms with Crippen molar-refractivity contribution in [2.24, 2.45) is 0 Å². The molecule has 2 heterocycles. The average molecular weight is 459 g/mol. The Kier molecular flexibility index (Phi) is 9.48. The van der Waals surface area contributed by atoms with Crippen molar-refractivity contribution in [1.82, 2.24) is 19.7 Å². The number of rotatable bonds is 11. The van der Waals surface area contributed by atoms with Gasteiger partial charge in [0.05, 0.1) is 23.9 Å². The van der Waals surface area contributed by atoms with Crippen LogP contribution in [0.4, 0.5) is 0 Å². The number of ether oxygens (including phenoxy) is 1. The molecule has 1 aromatic heterocycles. The molecule has 1 amide bonds. The first-order valence-electron chi connectivity index (χ1n) is 11.3. The summed E-state index contributed by atoms with van der Waals surface area (Å²) < 4.78 is 5.23. The van der Waals surface area contributed by atoms with Crippen LogP contribution in [0.3, 0.4) is 0 Å². The van der Waals surface area contributed by atoms with Gasteiger partial charge in [0.15, 0.2) is 0 Å². The van der Waals surface area contributed by atoms with Gasteiger partial charge in [0, 0.05) is 52.5 Å². The Morgan fingerprint density at radius 3 is 2.81 bits per heavy atom. The molecule has 1 aliphatic heterocycles. The molecule has 174 valence electrons. The predicted octanol–water partition coefficient (Wildman–Crippen LogP) is 3.26. The van der Waals surface area contributed by atoms with Crippen molar-refractivity contribution in [2.75, 3.05) is 54.0 Å². The summed E-state index contributed by atoms with van der Waals surface area (Å²) in [5, 5.41) is 0.602. The zero-order chi connectivity index (χ0) is 22.9. The number of fused-ring (bicyclic) bond motifs is 1. The van der Waals surface area contributed by atoms with E-state index in [1.54, 1.807) is 13.3 Å². The number of aromatic nitrogens is 1. The first-order valence-corrected chi connectivity index (χ1v) is 11.7. The molecular weight excluding hydrogens is 424 g/mol. The Labute approximate surface area is 197 Å². The molecule has 0 aliphatic carbocycles. The summed E-state index contributed by atoms with van der Waals surface area (Å²) in [6.45, 7) is 5.59. The van der Waals surface area contributed by atoms with E-state index in [9.17, 15) is 4.79 Å². The molecule has 0 saturated heterocycles. The number of carbonyl (C=O) groups is 1. The molecule has 0 atom stereocenters. The molecule has 32 heavy (non-hydrogen) atoms. The first kappa shape index (κ1) is 24.6.